The number of carboxylic acids is 1. The Morgan fingerprint density at radius 3 is 2.82 bits per heavy atom. The monoisotopic (exact) mass is 236 g/mol. The molecule has 0 aromatic heterocycles. The molecule has 1 aromatic rings. The first-order chi connectivity index (χ1) is 8.16. The van der Waals surface area contributed by atoms with Crippen LogP contribution in [0, 0.1) is 0 Å². The van der Waals surface area contributed by atoms with Crippen molar-refractivity contribution in [3.8, 4) is 5.75 Å². The molecule has 0 saturated carbocycles. The number of rotatable bonds is 5. The third-order valence-corrected chi connectivity index (χ3v) is 3.00. The predicted molar refractivity (Wildman–Crippen MR) is 62.4 cm³/mol. The summed E-state index contributed by atoms with van der Waals surface area (Å²) >= 11 is 0. The van der Waals surface area contributed by atoms with Crippen molar-refractivity contribution < 1.29 is 19.4 Å². The highest BCUT2D eigenvalue weighted by Crippen LogP contribution is 2.37. The summed E-state index contributed by atoms with van der Waals surface area (Å²) in [5, 5.41) is 8.96. The first-order valence-electron chi connectivity index (χ1n) is 5.69. The molecule has 0 bridgehead atoms. The van der Waals surface area contributed by atoms with E-state index in [9.17, 15) is 4.79 Å². The molecule has 1 fully saturated rings. The van der Waals surface area contributed by atoms with Crippen molar-refractivity contribution in [2.75, 3.05) is 19.8 Å². The van der Waals surface area contributed by atoms with E-state index in [1.165, 1.54) is 0 Å². The van der Waals surface area contributed by atoms with Gasteiger partial charge >= 0.3 is 5.97 Å². The molecule has 0 amide bonds. The topological polar surface area (TPSA) is 55.8 Å². The Morgan fingerprint density at radius 1 is 1.53 bits per heavy atom. The molecule has 17 heavy (non-hydrogen) atoms. The van der Waals surface area contributed by atoms with E-state index in [-0.39, 0.29) is 11.8 Å². The number of hydrogen-bond donors (Lipinski definition) is 1. The second-order valence-corrected chi connectivity index (χ2v) is 4.30. The summed E-state index contributed by atoms with van der Waals surface area (Å²) in [6.45, 7) is 3.46. The SMILES string of the molecule is CCOc1cccc(C2(CC(=O)O)COC2)c1. The van der Waals surface area contributed by atoms with Crippen LogP contribution < -0.4 is 4.74 Å². The Labute approximate surface area is 100 Å². The minimum Gasteiger partial charge on any atom is -0.494 e. The molecule has 1 aliphatic rings. The minimum absolute atomic E-state index is 0.0998. The number of hydrogen-bond acceptors (Lipinski definition) is 3. The van der Waals surface area contributed by atoms with Crippen LogP contribution in [-0.4, -0.2) is 30.9 Å². The lowest BCUT2D eigenvalue weighted by molar-refractivity contribution is -0.145. The normalized spacial score (nSPS) is 17.2. The molecule has 0 aliphatic carbocycles. The second-order valence-electron chi connectivity index (χ2n) is 4.30. The number of ether oxygens (including phenoxy) is 2. The van der Waals surface area contributed by atoms with Gasteiger partial charge in [0.05, 0.1) is 31.7 Å². The van der Waals surface area contributed by atoms with Crippen LogP contribution in [0.15, 0.2) is 24.3 Å². The van der Waals surface area contributed by atoms with Gasteiger partial charge in [-0.2, -0.15) is 0 Å². The lowest BCUT2D eigenvalue weighted by Crippen LogP contribution is -2.48. The maximum atomic E-state index is 10.9. The van der Waals surface area contributed by atoms with Gasteiger partial charge in [-0.25, -0.2) is 0 Å². The van der Waals surface area contributed by atoms with E-state index in [0.717, 1.165) is 11.3 Å². The van der Waals surface area contributed by atoms with Crippen LogP contribution in [0.4, 0.5) is 0 Å². The van der Waals surface area contributed by atoms with Crippen molar-refractivity contribution in [1.29, 1.82) is 0 Å². The fourth-order valence-corrected chi connectivity index (χ4v) is 2.09. The Hall–Kier alpha value is -1.55. The summed E-state index contributed by atoms with van der Waals surface area (Å²) in [7, 11) is 0. The number of carbonyl (C=O) groups is 1. The van der Waals surface area contributed by atoms with Crippen molar-refractivity contribution >= 4 is 5.97 Å². The molecule has 92 valence electrons. The Balaban J connectivity index is 2.24. The zero-order valence-electron chi connectivity index (χ0n) is 9.81. The molecular formula is C13H16O4. The van der Waals surface area contributed by atoms with Gasteiger partial charge < -0.3 is 14.6 Å². The largest absolute Gasteiger partial charge is 0.494 e. The van der Waals surface area contributed by atoms with Crippen molar-refractivity contribution in [2.45, 2.75) is 18.8 Å². The van der Waals surface area contributed by atoms with E-state index >= 15 is 0 Å². The van der Waals surface area contributed by atoms with Crippen LogP contribution >= 0.6 is 0 Å². The molecule has 4 heteroatoms. The minimum atomic E-state index is -0.796. The standard InChI is InChI=1S/C13H16O4/c1-2-17-11-5-3-4-10(6-11)13(7-12(14)15)8-16-9-13/h3-6H,2,7-9H2,1H3,(H,14,15). The smallest absolute Gasteiger partial charge is 0.304 e. The predicted octanol–water partition coefficient (Wildman–Crippen LogP) is 1.83. The van der Waals surface area contributed by atoms with Gasteiger partial charge in [0.15, 0.2) is 0 Å². The lowest BCUT2D eigenvalue weighted by Gasteiger charge is -2.40. The van der Waals surface area contributed by atoms with E-state index in [0.29, 0.717) is 19.8 Å². The van der Waals surface area contributed by atoms with Crippen LogP contribution in [0.1, 0.15) is 18.9 Å². The van der Waals surface area contributed by atoms with Gasteiger partial charge in [0.25, 0.3) is 0 Å². The van der Waals surface area contributed by atoms with E-state index < -0.39 is 5.97 Å². The van der Waals surface area contributed by atoms with Crippen LogP contribution in [0.5, 0.6) is 5.75 Å². The molecule has 4 nitrogen and oxygen atoms in total. The second kappa shape index (κ2) is 4.75. The highest BCUT2D eigenvalue weighted by Gasteiger charge is 2.42. The van der Waals surface area contributed by atoms with Gasteiger partial charge in [-0.1, -0.05) is 12.1 Å². The fourth-order valence-electron chi connectivity index (χ4n) is 2.09. The first-order valence-corrected chi connectivity index (χ1v) is 5.69. The van der Waals surface area contributed by atoms with Crippen LogP contribution in [0.2, 0.25) is 0 Å². The molecule has 1 aliphatic heterocycles. The number of carboxylic acid groups (broad SMARTS) is 1. The van der Waals surface area contributed by atoms with Crippen molar-refractivity contribution in [3.05, 3.63) is 29.8 Å². The molecule has 1 N–H and O–H groups in total. The third-order valence-electron chi connectivity index (χ3n) is 3.00. The highest BCUT2D eigenvalue weighted by atomic mass is 16.5. The summed E-state index contributed by atoms with van der Waals surface area (Å²) in [6.07, 6.45) is 0.0998. The zero-order valence-corrected chi connectivity index (χ0v) is 9.81. The maximum absolute atomic E-state index is 10.9. The molecule has 0 radical (unpaired) electrons. The van der Waals surface area contributed by atoms with Gasteiger partial charge in [-0.3, -0.25) is 4.79 Å². The van der Waals surface area contributed by atoms with E-state index in [2.05, 4.69) is 0 Å². The molecule has 1 heterocycles. The van der Waals surface area contributed by atoms with Gasteiger partial charge in [-0.15, -0.1) is 0 Å². The Morgan fingerprint density at radius 2 is 2.29 bits per heavy atom. The highest BCUT2D eigenvalue weighted by molar-refractivity contribution is 5.69. The maximum Gasteiger partial charge on any atom is 0.304 e. The van der Waals surface area contributed by atoms with E-state index in [4.69, 9.17) is 14.6 Å². The zero-order chi connectivity index (χ0) is 12.3. The van der Waals surface area contributed by atoms with Crippen LogP contribution in [0.25, 0.3) is 0 Å². The molecule has 0 spiro atoms. The summed E-state index contributed by atoms with van der Waals surface area (Å²) < 4.78 is 10.6. The lowest BCUT2D eigenvalue weighted by atomic mass is 9.76. The van der Waals surface area contributed by atoms with Gasteiger partial charge in [0.2, 0.25) is 0 Å². The van der Waals surface area contributed by atoms with Crippen molar-refractivity contribution in [3.63, 3.8) is 0 Å². The summed E-state index contributed by atoms with van der Waals surface area (Å²) in [6, 6.07) is 7.62. The van der Waals surface area contributed by atoms with E-state index in [1.54, 1.807) is 0 Å². The van der Waals surface area contributed by atoms with Crippen molar-refractivity contribution in [1.82, 2.24) is 0 Å². The number of benzene rings is 1. The quantitative estimate of drug-likeness (QED) is 0.847. The molecule has 2 rings (SSSR count). The molecule has 1 aromatic carbocycles. The summed E-state index contributed by atoms with van der Waals surface area (Å²) in [5.41, 5.74) is 0.607. The summed E-state index contributed by atoms with van der Waals surface area (Å²) in [5.74, 6) is -0.0169. The molecular weight excluding hydrogens is 220 g/mol. The number of aliphatic carboxylic acids is 1. The average molecular weight is 236 g/mol. The third kappa shape index (κ3) is 2.42. The van der Waals surface area contributed by atoms with Gasteiger partial charge in [0, 0.05) is 0 Å². The van der Waals surface area contributed by atoms with Crippen molar-refractivity contribution in [2.24, 2.45) is 0 Å². The van der Waals surface area contributed by atoms with Crippen LogP contribution in [-0.2, 0) is 14.9 Å². The van der Waals surface area contributed by atoms with E-state index in [1.807, 2.05) is 31.2 Å². The van der Waals surface area contributed by atoms with Gasteiger partial charge in [0.1, 0.15) is 5.75 Å². The van der Waals surface area contributed by atoms with Crippen LogP contribution in [0.3, 0.4) is 0 Å². The summed E-state index contributed by atoms with van der Waals surface area (Å²) in [4.78, 5) is 10.9. The van der Waals surface area contributed by atoms with Gasteiger partial charge in [-0.05, 0) is 24.6 Å². The fraction of sp³-hybridized carbons (Fsp3) is 0.462. The molecule has 0 atom stereocenters. The molecule has 1 saturated heterocycles. The Kier molecular flexibility index (Phi) is 3.33. The Bertz CT molecular complexity index is 410. The average Bonchev–Trinajstić information content (AvgIpc) is 2.24. The first kappa shape index (κ1) is 11.9. The molecule has 0 unspecified atom stereocenters.